The van der Waals surface area contributed by atoms with Gasteiger partial charge < -0.3 is 14.8 Å². The van der Waals surface area contributed by atoms with Gasteiger partial charge in [0.2, 0.25) is 15.9 Å². The van der Waals surface area contributed by atoms with E-state index < -0.39 is 10.0 Å². The molecule has 0 spiro atoms. The molecule has 0 saturated heterocycles. The van der Waals surface area contributed by atoms with Gasteiger partial charge in [-0.1, -0.05) is 25.4 Å². The van der Waals surface area contributed by atoms with Crippen molar-refractivity contribution in [2.24, 2.45) is 5.92 Å². The summed E-state index contributed by atoms with van der Waals surface area (Å²) in [5.41, 5.74) is 0.267. The standard InChI is InChI=1S/C16H25ClN2O5S/c1-11(2)10-18-16(20)6-7-19(25(5,21)22)13-9-14(23-3)12(17)8-15(13)24-4/h8-9,11H,6-7,10H2,1-5H3,(H,18,20). The van der Waals surface area contributed by atoms with Crippen molar-refractivity contribution < 1.29 is 22.7 Å². The Bertz CT molecular complexity index is 707. The quantitative estimate of drug-likeness (QED) is 0.696. The number of benzene rings is 1. The van der Waals surface area contributed by atoms with Crippen molar-refractivity contribution in [3.63, 3.8) is 0 Å². The van der Waals surface area contributed by atoms with Gasteiger partial charge in [0.25, 0.3) is 0 Å². The van der Waals surface area contributed by atoms with Crippen molar-refractivity contribution in [2.45, 2.75) is 20.3 Å². The van der Waals surface area contributed by atoms with E-state index in [1.165, 1.54) is 26.4 Å². The number of hydrogen-bond acceptors (Lipinski definition) is 5. The topological polar surface area (TPSA) is 84.9 Å². The third-order valence-electron chi connectivity index (χ3n) is 3.37. The summed E-state index contributed by atoms with van der Waals surface area (Å²) in [5, 5.41) is 3.06. The summed E-state index contributed by atoms with van der Waals surface area (Å²) < 4.78 is 36.0. The predicted octanol–water partition coefficient (Wildman–Crippen LogP) is 2.29. The van der Waals surface area contributed by atoms with Crippen LogP contribution in [0.2, 0.25) is 5.02 Å². The predicted molar refractivity (Wildman–Crippen MR) is 99.2 cm³/mol. The van der Waals surface area contributed by atoms with Crippen LogP contribution in [0.5, 0.6) is 11.5 Å². The molecular formula is C16H25ClN2O5S. The average Bonchev–Trinajstić information content (AvgIpc) is 2.52. The molecule has 25 heavy (non-hydrogen) atoms. The third-order valence-corrected chi connectivity index (χ3v) is 4.85. The molecule has 1 aromatic carbocycles. The molecule has 0 fully saturated rings. The minimum Gasteiger partial charge on any atom is -0.495 e. The highest BCUT2D eigenvalue weighted by atomic mass is 35.5. The highest BCUT2D eigenvalue weighted by Gasteiger charge is 2.24. The molecule has 0 radical (unpaired) electrons. The van der Waals surface area contributed by atoms with Gasteiger partial charge in [-0.15, -0.1) is 0 Å². The van der Waals surface area contributed by atoms with E-state index in [0.717, 1.165) is 10.6 Å². The lowest BCUT2D eigenvalue weighted by Gasteiger charge is -2.25. The highest BCUT2D eigenvalue weighted by Crippen LogP contribution is 2.39. The fourth-order valence-electron chi connectivity index (χ4n) is 2.11. The van der Waals surface area contributed by atoms with Crippen molar-refractivity contribution in [1.82, 2.24) is 5.32 Å². The van der Waals surface area contributed by atoms with Gasteiger partial charge in [0, 0.05) is 31.6 Å². The zero-order valence-electron chi connectivity index (χ0n) is 15.1. The first-order chi connectivity index (χ1) is 11.6. The summed E-state index contributed by atoms with van der Waals surface area (Å²) in [6, 6.07) is 2.96. The first-order valence-electron chi connectivity index (χ1n) is 7.76. The van der Waals surface area contributed by atoms with E-state index in [1.54, 1.807) is 0 Å². The molecular weight excluding hydrogens is 368 g/mol. The molecule has 142 valence electrons. The molecule has 1 N–H and O–H groups in total. The number of hydrogen-bond donors (Lipinski definition) is 1. The molecule has 0 heterocycles. The Morgan fingerprint density at radius 1 is 1.24 bits per heavy atom. The van der Waals surface area contributed by atoms with E-state index in [0.29, 0.717) is 23.2 Å². The van der Waals surface area contributed by atoms with Crippen LogP contribution in [0.25, 0.3) is 0 Å². The second-order valence-corrected chi connectivity index (χ2v) is 8.26. The van der Waals surface area contributed by atoms with Gasteiger partial charge in [-0.05, 0) is 5.92 Å². The maximum Gasteiger partial charge on any atom is 0.232 e. The van der Waals surface area contributed by atoms with Crippen LogP contribution < -0.4 is 19.1 Å². The number of nitrogens with one attached hydrogen (secondary N) is 1. The molecule has 0 aliphatic carbocycles. The monoisotopic (exact) mass is 392 g/mol. The minimum atomic E-state index is -3.64. The Balaban J connectivity index is 3.10. The van der Waals surface area contributed by atoms with E-state index >= 15 is 0 Å². The molecule has 1 rings (SSSR count). The maximum absolute atomic E-state index is 12.2. The lowest BCUT2D eigenvalue weighted by molar-refractivity contribution is -0.121. The number of amides is 1. The van der Waals surface area contributed by atoms with Crippen LogP contribution >= 0.6 is 11.6 Å². The van der Waals surface area contributed by atoms with Gasteiger partial charge in [0.15, 0.2) is 0 Å². The smallest absolute Gasteiger partial charge is 0.232 e. The number of carbonyl (C=O) groups excluding carboxylic acids is 1. The Kier molecular flexibility index (Phi) is 7.82. The van der Waals surface area contributed by atoms with Gasteiger partial charge in [0.05, 0.1) is 31.2 Å². The largest absolute Gasteiger partial charge is 0.495 e. The zero-order valence-corrected chi connectivity index (χ0v) is 16.7. The number of carbonyl (C=O) groups is 1. The van der Waals surface area contributed by atoms with Crippen LogP contribution in [0.3, 0.4) is 0 Å². The minimum absolute atomic E-state index is 0.0217. The van der Waals surface area contributed by atoms with Gasteiger partial charge >= 0.3 is 0 Å². The number of halogens is 1. The van der Waals surface area contributed by atoms with Crippen molar-refractivity contribution in [3.8, 4) is 11.5 Å². The second kappa shape index (κ2) is 9.15. The number of ether oxygens (including phenoxy) is 2. The van der Waals surface area contributed by atoms with E-state index in [-0.39, 0.29) is 30.3 Å². The summed E-state index contributed by atoms with van der Waals surface area (Å²) in [6.07, 6.45) is 1.09. The summed E-state index contributed by atoms with van der Waals surface area (Å²) in [7, 11) is -0.794. The summed E-state index contributed by atoms with van der Waals surface area (Å²) >= 11 is 6.06. The van der Waals surface area contributed by atoms with Gasteiger partial charge in [0.1, 0.15) is 11.5 Å². The fourth-order valence-corrected chi connectivity index (χ4v) is 3.27. The van der Waals surface area contributed by atoms with Crippen LogP contribution in [0.4, 0.5) is 5.69 Å². The van der Waals surface area contributed by atoms with Gasteiger partial charge in [-0.3, -0.25) is 9.10 Å². The number of nitrogens with zero attached hydrogens (tertiary/aromatic N) is 1. The lowest BCUT2D eigenvalue weighted by Crippen LogP contribution is -2.35. The van der Waals surface area contributed by atoms with Crippen LogP contribution in [0, 0.1) is 5.92 Å². The van der Waals surface area contributed by atoms with E-state index in [2.05, 4.69) is 5.32 Å². The van der Waals surface area contributed by atoms with E-state index in [1.807, 2.05) is 13.8 Å². The summed E-state index contributed by atoms with van der Waals surface area (Å²) in [6.45, 7) is 4.47. The molecule has 0 aromatic heterocycles. The average molecular weight is 393 g/mol. The SMILES string of the molecule is COc1cc(N(CCC(=O)NCC(C)C)S(C)(=O)=O)c(OC)cc1Cl. The molecule has 7 nitrogen and oxygen atoms in total. The normalized spacial score (nSPS) is 11.3. The second-order valence-electron chi connectivity index (χ2n) is 5.94. The van der Waals surface area contributed by atoms with Crippen molar-refractivity contribution in [1.29, 1.82) is 0 Å². The fraction of sp³-hybridized carbons (Fsp3) is 0.562. The molecule has 0 aliphatic rings. The summed E-state index contributed by atoms with van der Waals surface area (Å²) in [5.74, 6) is 0.687. The van der Waals surface area contributed by atoms with E-state index in [9.17, 15) is 13.2 Å². The van der Waals surface area contributed by atoms with Crippen LogP contribution in [0.1, 0.15) is 20.3 Å². The molecule has 9 heteroatoms. The molecule has 0 bridgehead atoms. The number of rotatable bonds is 9. The van der Waals surface area contributed by atoms with Crippen molar-refractivity contribution in [2.75, 3.05) is 37.9 Å². The number of methoxy groups -OCH3 is 2. The van der Waals surface area contributed by atoms with Gasteiger partial charge in [-0.2, -0.15) is 0 Å². The number of anilines is 1. The molecule has 1 aromatic rings. The molecule has 0 aliphatic heterocycles. The van der Waals surface area contributed by atoms with Crippen LogP contribution in [-0.2, 0) is 14.8 Å². The Labute approximate surface area is 154 Å². The molecule has 0 atom stereocenters. The molecule has 0 unspecified atom stereocenters. The third kappa shape index (κ3) is 6.28. The Morgan fingerprint density at radius 3 is 2.32 bits per heavy atom. The highest BCUT2D eigenvalue weighted by molar-refractivity contribution is 7.92. The molecule has 1 amide bonds. The zero-order chi connectivity index (χ0) is 19.2. The van der Waals surface area contributed by atoms with Crippen LogP contribution in [0.15, 0.2) is 12.1 Å². The van der Waals surface area contributed by atoms with Crippen LogP contribution in [-0.4, -0.2) is 47.9 Å². The first kappa shape index (κ1) is 21.4. The Hall–Kier alpha value is -1.67. The lowest BCUT2D eigenvalue weighted by atomic mass is 10.2. The van der Waals surface area contributed by atoms with Gasteiger partial charge in [-0.25, -0.2) is 8.42 Å². The maximum atomic E-state index is 12.2. The van der Waals surface area contributed by atoms with Crippen molar-refractivity contribution in [3.05, 3.63) is 17.2 Å². The summed E-state index contributed by atoms with van der Waals surface area (Å²) in [4.78, 5) is 11.9. The first-order valence-corrected chi connectivity index (χ1v) is 9.98. The Morgan fingerprint density at radius 2 is 1.84 bits per heavy atom. The van der Waals surface area contributed by atoms with E-state index in [4.69, 9.17) is 21.1 Å². The number of sulfonamides is 1. The van der Waals surface area contributed by atoms with Crippen molar-refractivity contribution >= 4 is 33.2 Å². The molecule has 0 saturated carbocycles.